The van der Waals surface area contributed by atoms with E-state index in [9.17, 15) is 0 Å². The van der Waals surface area contributed by atoms with Gasteiger partial charge in [-0.3, -0.25) is 0 Å². The second-order valence-corrected chi connectivity index (χ2v) is 4.15. The highest BCUT2D eigenvalue weighted by atomic mass is 14.9. The van der Waals surface area contributed by atoms with Crippen molar-refractivity contribution < 1.29 is 0 Å². The summed E-state index contributed by atoms with van der Waals surface area (Å²) in [5, 5.41) is 5.78. The van der Waals surface area contributed by atoms with Crippen LogP contribution in [-0.4, -0.2) is 11.5 Å². The van der Waals surface area contributed by atoms with Gasteiger partial charge in [-0.05, 0) is 25.1 Å². The molecule has 1 aromatic heterocycles. The quantitative estimate of drug-likeness (QED) is 0.586. The molecule has 2 aromatic carbocycles. The van der Waals surface area contributed by atoms with Gasteiger partial charge in [0.2, 0.25) is 0 Å². The van der Waals surface area contributed by atoms with E-state index in [2.05, 4.69) is 35.4 Å². The molecular formula is C14H15N3. The molecule has 3 heteroatoms. The predicted octanol–water partition coefficient (Wildman–Crippen LogP) is 3.34. The van der Waals surface area contributed by atoms with Crippen LogP contribution in [0.15, 0.2) is 36.4 Å². The van der Waals surface area contributed by atoms with Crippen molar-refractivity contribution in [3.05, 3.63) is 36.4 Å². The van der Waals surface area contributed by atoms with Gasteiger partial charge in [0.15, 0.2) is 0 Å². The van der Waals surface area contributed by atoms with E-state index in [0.717, 1.165) is 29.0 Å². The Bertz CT molecular complexity index is 682. The fourth-order valence-electron chi connectivity index (χ4n) is 2.32. The summed E-state index contributed by atoms with van der Waals surface area (Å²) in [6, 6.07) is 12.3. The summed E-state index contributed by atoms with van der Waals surface area (Å²) in [5.41, 5.74) is 10.1. The van der Waals surface area contributed by atoms with Crippen LogP contribution in [0.1, 0.15) is 6.92 Å². The maximum Gasteiger partial charge on any atom is 0.0719 e. The van der Waals surface area contributed by atoms with Crippen molar-refractivity contribution in [1.29, 1.82) is 0 Å². The monoisotopic (exact) mass is 225 g/mol. The molecule has 0 aliphatic rings. The number of fused-ring (bicyclic) bond motifs is 3. The first-order valence-electron chi connectivity index (χ1n) is 5.84. The molecule has 0 aliphatic carbocycles. The van der Waals surface area contributed by atoms with Crippen molar-refractivity contribution in [2.24, 2.45) is 0 Å². The molecule has 1 heterocycles. The van der Waals surface area contributed by atoms with Crippen LogP contribution >= 0.6 is 0 Å². The first-order chi connectivity index (χ1) is 8.31. The first-order valence-corrected chi connectivity index (χ1v) is 5.84. The molecule has 3 nitrogen and oxygen atoms in total. The van der Waals surface area contributed by atoms with E-state index in [4.69, 9.17) is 5.73 Å². The van der Waals surface area contributed by atoms with E-state index in [1.54, 1.807) is 0 Å². The van der Waals surface area contributed by atoms with E-state index >= 15 is 0 Å². The number of aromatic amines is 1. The fourth-order valence-corrected chi connectivity index (χ4v) is 2.32. The Morgan fingerprint density at radius 2 is 2.00 bits per heavy atom. The van der Waals surface area contributed by atoms with Crippen molar-refractivity contribution in [3.8, 4) is 0 Å². The Balaban J connectivity index is 2.47. The number of nitrogens with two attached hydrogens (primary N) is 1. The Labute approximate surface area is 99.6 Å². The van der Waals surface area contributed by atoms with Gasteiger partial charge in [0.25, 0.3) is 0 Å². The molecular weight excluding hydrogens is 210 g/mol. The minimum Gasteiger partial charge on any atom is -0.397 e. The molecule has 3 aromatic rings. The fraction of sp³-hybridized carbons (Fsp3) is 0.143. The number of rotatable bonds is 2. The molecule has 0 fully saturated rings. The minimum absolute atomic E-state index is 0.790. The van der Waals surface area contributed by atoms with Crippen molar-refractivity contribution in [1.82, 2.24) is 4.98 Å². The third-order valence-corrected chi connectivity index (χ3v) is 3.06. The average Bonchev–Trinajstić information content (AvgIpc) is 2.73. The van der Waals surface area contributed by atoms with Gasteiger partial charge in [-0.2, -0.15) is 0 Å². The maximum atomic E-state index is 6.03. The molecule has 0 amide bonds. The van der Waals surface area contributed by atoms with Crippen LogP contribution in [0.2, 0.25) is 0 Å². The molecule has 0 aliphatic heterocycles. The standard InChI is InChI=1S/C14H15N3/c1-2-16-12-8-7-10(15)14-13(12)9-5-3-4-6-11(9)17-14/h3-8,16-17H,2,15H2,1H3. The van der Waals surface area contributed by atoms with Gasteiger partial charge in [-0.15, -0.1) is 0 Å². The average molecular weight is 225 g/mol. The van der Waals surface area contributed by atoms with E-state index in [1.807, 2.05) is 18.2 Å². The lowest BCUT2D eigenvalue weighted by Gasteiger charge is -2.06. The summed E-state index contributed by atoms with van der Waals surface area (Å²) in [6.45, 7) is 3.00. The third-order valence-electron chi connectivity index (χ3n) is 3.06. The predicted molar refractivity (Wildman–Crippen MR) is 74.4 cm³/mol. The van der Waals surface area contributed by atoms with Crippen LogP contribution in [-0.2, 0) is 0 Å². The zero-order valence-electron chi connectivity index (χ0n) is 9.75. The Hall–Kier alpha value is -2.16. The molecule has 86 valence electrons. The lowest BCUT2D eigenvalue weighted by Crippen LogP contribution is -1.97. The van der Waals surface area contributed by atoms with Gasteiger partial charge >= 0.3 is 0 Å². The van der Waals surface area contributed by atoms with Gasteiger partial charge in [0, 0.05) is 28.5 Å². The van der Waals surface area contributed by atoms with Crippen LogP contribution in [0.5, 0.6) is 0 Å². The highest BCUT2D eigenvalue weighted by molar-refractivity contribution is 6.16. The number of aromatic nitrogens is 1. The summed E-state index contributed by atoms with van der Waals surface area (Å²) in [5.74, 6) is 0. The van der Waals surface area contributed by atoms with E-state index in [1.165, 1.54) is 10.8 Å². The second kappa shape index (κ2) is 3.70. The number of benzene rings is 2. The number of H-pyrrole nitrogens is 1. The molecule has 0 bridgehead atoms. The lowest BCUT2D eigenvalue weighted by atomic mass is 10.1. The Morgan fingerprint density at radius 1 is 1.18 bits per heavy atom. The molecule has 0 spiro atoms. The van der Waals surface area contributed by atoms with Crippen molar-refractivity contribution >= 4 is 33.2 Å². The highest BCUT2D eigenvalue weighted by Crippen LogP contribution is 2.34. The number of nitrogen functional groups attached to an aromatic ring is 1. The van der Waals surface area contributed by atoms with Gasteiger partial charge in [-0.25, -0.2) is 0 Å². The van der Waals surface area contributed by atoms with E-state index < -0.39 is 0 Å². The van der Waals surface area contributed by atoms with Gasteiger partial charge in [0.1, 0.15) is 0 Å². The zero-order valence-corrected chi connectivity index (χ0v) is 9.75. The topological polar surface area (TPSA) is 53.8 Å². The van der Waals surface area contributed by atoms with Crippen LogP contribution in [0, 0.1) is 0 Å². The Kier molecular flexibility index (Phi) is 2.18. The van der Waals surface area contributed by atoms with Crippen LogP contribution < -0.4 is 11.1 Å². The van der Waals surface area contributed by atoms with Crippen LogP contribution in [0.4, 0.5) is 11.4 Å². The molecule has 0 unspecified atom stereocenters. The summed E-state index contributed by atoms with van der Waals surface area (Å²) in [7, 11) is 0. The number of para-hydroxylation sites is 1. The summed E-state index contributed by atoms with van der Waals surface area (Å²) in [4.78, 5) is 3.38. The molecule has 4 N–H and O–H groups in total. The SMILES string of the molecule is CCNc1ccc(N)c2[nH]c3ccccc3c12. The summed E-state index contributed by atoms with van der Waals surface area (Å²) >= 11 is 0. The number of anilines is 2. The highest BCUT2D eigenvalue weighted by Gasteiger charge is 2.10. The Morgan fingerprint density at radius 3 is 2.82 bits per heavy atom. The molecule has 0 saturated carbocycles. The molecule has 0 atom stereocenters. The number of nitrogens with one attached hydrogen (secondary N) is 2. The third kappa shape index (κ3) is 1.43. The molecule has 3 rings (SSSR count). The second-order valence-electron chi connectivity index (χ2n) is 4.15. The largest absolute Gasteiger partial charge is 0.397 e. The molecule has 0 radical (unpaired) electrons. The molecule has 0 saturated heterocycles. The lowest BCUT2D eigenvalue weighted by molar-refractivity contribution is 1.22. The zero-order chi connectivity index (χ0) is 11.8. The van der Waals surface area contributed by atoms with Crippen LogP contribution in [0.25, 0.3) is 21.8 Å². The maximum absolute atomic E-state index is 6.03. The van der Waals surface area contributed by atoms with Crippen LogP contribution in [0.3, 0.4) is 0 Å². The smallest absolute Gasteiger partial charge is 0.0719 e. The molecule has 17 heavy (non-hydrogen) atoms. The number of hydrogen-bond acceptors (Lipinski definition) is 2. The van der Waals surface area contributed by atoms with Crippen molar-refractivity contribution in [3.63, 3.8) is 0 Å². The van der Waals surface area contributed by atoms with E-state index in [0.29, 0.717) is 0 Å². The normalized spacial score (nSPS) is 11.1. The number of hydrogen-bond donors (Lipinski definition) is 3. The minimum atomic E-state index is 0.790. The van der Waals surface area contributed by atoms with Gasteiger partial charge < -0.3 is 16.0 Å². The summed E-state index contributed by atoms with van der Waals surface area (Å²) < 4.78 is 0. The first kappa shape index (κ1) is 10.0. The summed E-state index contributed by atoms with van der Waals surface area (Å²) in [6.07, 6.45) is 0. The van der Waals surface area contributed by atoms with Crippen molar-refractivity contribution in [2.75, 3.05) is 17.6 Å². The van der Waals surface area contributed by atoms with Gasteiger partial charge in [-0.1, -0.05) is 18.2 Å². The van der Waals surface area contributed by atoms with E-state index in [-0.39, 0.29) is 0 Å². The van der Waals surface area contributed by atoms with Gasteiger partial charge in [0.05, 0.1) is 11.2 Å². The van der Waals surface area contributed by atoms with Crippen molar-refractivity contribution in [2.45, 2.75) is 6.92 Å².